The number of hydrogen-bond donors (Lipinski definition) is 1. The summed E-state index contributed by atoms with van der Waals surface area (Å²) in [6.07, 6.45) is 1.17. The second kappa shape index (κ2) is 5.56. The van der Waals surface area contributed by atoms with Crippen LogP contribution in [-0.4, -0.2) is 14.7 Å². The smallest absolute Gasteiger partial charge is 0.175 e. The number of anilines is 1. The Balaban J connectivity index is 2.32. The quantitative estimate of drug-likeness (QED) is 0.852. The SMILES string of the molecule is CS(=O)(=O)c1ccc(Sc2cccc(Br)c2)c(N)c1. The Morgan fingerprint density at radius 3 is 2.47 bits per heavy atom. The maximum absolute atomic E-state index is 11.4. The van der Waals surface area contributed by atoms with Crippen LogP contribution in [0, 0.1) is 0 Å². The van der Waals surface area contributed by atoms with Gasteiger partial charge in [0.05, 0.1) is 4.90 Å². The lowest BCUT2D eigenvalue weighted by molar-refractivity contribution is 0.602. The molecule has 2 aromatic rings. The lowest BCUT2D eigenvalue weighted by Crippen LogP contribution is -1.99. The highest BCUT2D eigenvalue weighted by molar-refractivity contribution is 9.10. The van der Waals surface area contributed by atoms with E-state index in [1.54, 1.807) is 12.1 Å². The van der Waals surface area contributed by atoms with Crippen molar-refractivity contribution in [1.29, 1.82) is 0 Å². The van der Waals surface area contributed by atoms with Crippen LogP contribution >= 0.6 is 27.7 Å². The number of benzene rings is 2. The first-order chi connectivity index (χ1) is 8.86. The maximum atomic E-state index is 11.4. The van der Waals surface area contributed by atoms with Crippen molar-refractivity contribution in [1.82, 2.24) is 0 Å². The van der Waals surface area contributed by atoms with Gasteiger partial charge in [0, 0.05) is 26.2 Å². The number of nitrogens with two attached hydrogens (primary N) is 1. The number of nitrogen functional groups attached to an aromatic ring is 1. The standard InChI is InChI=1S/C13H12BrNO2S2/c1-19(16,17)11-5-6-13(12(15)8-11)18-10-4-2-3-9(14)7-10/h2-8H,15H2,1H3. The molecule has 0 radical (unpaired) electrons. The van der Waals surface area contributed by atoms with Gasteiger partial charge in [-0.25, -0.2) is 8.42 Å². The minimum atomic E-state index is -3.22. The van der Waals surface area contributed by atoms with Gasteiger partial charge in [0.25, 0.3) is 0 Å². The highest BCUT2D eigenvalue weighted by Crippen LogP contribution is 2.34. The van der Waals surface area contributed by atoms with Gasteiger partial charge < -0.3 is 5.73 Å². The molecule has 3 nitrogen and oxygen atoms in total. The summed E-state index contributed by atoms with van der Waals surface area (Å²) in [5.41, 5.74) is 6.37. The monoisotopic (exact) mass is 357 g/mol. The maximum Gasteiger partial charge on any atom is 0.175 e. The Labute approximate surface area is 125 Å². The number of halogens is 1. The van der Waals surface area contributed by atoms with Gasteiger partial charge in [-0.05, 0) is 36.4 Å². The van der Waals surface area contributed by atoms with E-state index in [1.165, 1.54) is 24.1 Å². The van der Waals surface area contributed by atoms with E-state index in [0.29, 0.717) is 5.69 Å². The van der Waals surface area contributed by atoms with E-state index in [-0.39, 0.29) is 4.90 Å². The third-order valence-electron chi connectivity index (χ3n) is 2.43. The van der Waals surface area contributed by atoms with Crippen molar-refractivity contribution in [2.75, 3.05) is 12.0 Å². The molecule has 6 heteroatoms. The Kier molecular flexibility index (Phi) is 4.23. The van der Waals surface area contributed by atoms with E-state index in [9.17, 15) is 8.42 Å². The van der Waals surface area contributed by atoms with Crippen LogP contribution in [0.3, 0.4) is 0 Å². The van der Waals surface area contributed by atoms with E-state index < -0.39 is 9.84 Å². The van der Waals surface area contributed by atoms with Crippen LogP contribution in [0.25, 0.3) is 0 Å². The molecule has 19 heavy (non-hydrogen) atoms. The molecule has 2 rings (SSSR count). The number of sulfone groups is 1. The molecular weight excluding hydrogens is 346 g/mol. The zero-order valence-corrected chi connectivity index (χ0v) is 13.3. The van der Waals surface area contributed by atoms with Gasteiger partial charge >= 0.3 is 0 Å². The Morgan fingerprint density at radius 1 is 1.16 bits per heavy atom. The molecule has 0 saturated heterocycles. The summed E-state index contributed by atoms with van der Waals surface area (Å²) in [5, 5.41) is 0. The first kappa shape index (κ1) is 14.4. The minimum absolute atomic E-state index is 0.239. The van der Waals surface area contributed by atoms with Gasteiger partial charge in [0.15, 0.2) is 9.84 Å². The zero-order chi connectivity index (χ0) is 14.0. The van der Waals surface area contributed by atoms with Gasteiger partial charge in [-0.2, -0.15) is 0 Å². The molecule has 0 amide bonds. The topological polar surface area (TPSA) is 60.2 Å². The fraction of sp³-hybridized carbons (Fsp3) is 0.0769. The van der Waals surface area contributed by atoms with Crippen molar-refractivity contribution >= 4 is 43.2 Å². The summed E-state index contributed by atoms with van der Waals surface area (Å²) >= 11 is 4.91. The normalized spacial score (nSPS) is 11.5. The molecule has 0 fully saturated rings. The van der Waals surface area contributed by atoms with Gasteiger partial charge in [0.1, 0.15) is 0 Å². The van der Waals surface area contributed by atoms with E-state index in [2.05, 4.69) is 15.9 Å². The summed E-state index contributed by atoms with van der Waals surface area (Å²) in [6.45, 7) is 0. The van der Waals surface area contributed by atoms with Crippen molar-refractivity contribution in [3.63, 3.8) is 0 Å². The number of rotatable bonds is 3. The van der Waals surface area contributed by atoms with Crippen molar-refractivity contribution in [3.8, 4) is 0 Å². The predicted molar refractivity (Wildman–Crippen MR) is 82.2 cm³/mol. The van der Waals surface area contributed by atoms with Crippen molar-refractivity contribution < 1.29 is 8.42 Å². The van der Waals surface area contributed by atoms with Gasteiger partial charge in [-0.3, -0.25) is 0 Å². The molecule has 2 aromatic carbocycles. The van der Waals surface area contributed by atoms with E-state index in [1.807, 2.05) is 24.3 Å². The Morgan fingerprint density at radius 2 is 1.89 bits per heavy atom. The summed E-state index contributed by atoms with van der Waals surface area (Å²) in [5.74, 6) is 0. The van der Waals surface area contributed by atoms with Crippen LogP contribution in [0.2, 0.25) is 0 Å². The number of hydrogen-bond acceptors (Lipinski definition) is 4. The molecule has 0 aliphatic rings. The van der Waals surface area contributed by atoms with Crippen LogP contribution in [0.15, 0.2) is 61.6 Å². The summed E-state index contributed by atoms with van der Waals surface area (Å²) in [4.78, 5) is 2.11. The molecule has 0 aromatic heterocycles. The fourth-order valence-electron chi connectivity index (χ4n) is 1.51. The molecule has 2 N–H and O–H groups in total. The average molecular weight is 358 g/mol. The summed E-state index contributed by atoms with van der Waals surface area (Å²) in [7, 11) is -3.22. The minimum Gasteiger partial charge on any atom is -0.398 e. The molecule has 0 aliphatic heterocycles. The fourth-order valence-corrected chi connectivity index (χ4v) is 3.61. The van der Waals surface area contributed by atoms with E-state index in [4.69, 9.17) is 5.73 Å². The van der Waals surface area contributed by atoms with Crippen LogP contribution in [0.5, 0.6) is 0 Å². The van der Waals surface area contributed by atoms with Crippen LogP contribution in [-0.2, 0) is 9.84 Å². The molecule has 0 unspecified atom stereocenters. The second-order valence-corrected chi connectivity index (χ2v) is 8.08. The van der Waals surface area contributed by atoms with Gasteiger partial charge in [-0.1, -0.05) is 33.8 Å². The average Bonchev–Trinajstić information content (AvgIpc) is 2.30. The van der Waals surface area contributed by atoms with Crippen LogP contribution < -0.4 is 5.73 Å². The highest BCUT2D eigenvalue weighted by Gasteiger charge is 2.10. The zero-order valence-electron chi connectivity index (χ0n) is 10.1. The third-order valence-corrected chi connectivity index (χ3v) is 5.12. The summed E-state index contributed by atoms with van der Waals surface area (Å²) < 4.78 is 23.9. The lowest BCUT2D eigenvalue weighted by atomic mass is 10.3. The van der Waals surface area contributed by atoms with Gasteiger partial charge in [-0.15, -0.1) is 0 Å². The molecule has 0 aliphatic carbocycles. The second-order valence-electron chi connectivity index (χ2n) is 4.03. The first-order valence-corrected chi connectivity index (χ1v) is 8.89. The highest BCUT2D eigenvalue weighted by atomic mass is 79.9. The molecule has 0 spiro atoms. The molecule has 0 atom stereocenters. The summed E-state index contributed by atoms with van der Waals surface area (Å²) in [6, 6.07) is 12.6. The van der Waals surface area contributed by atoms with Crippen molar-refractivity contribution in [2.45, 2.75) is 14.7 Å². The lowest BCUT2D eigenvalue weighted by Gasteiger charge is -2.07. The molecule has 0 saturated carbocycles. The first-order valence-electron chi connectivity index (χ1n) is 5.39. The van der Waals surface area contributed by atoms with Crippen LogP contribution in [0.4, 0.5) is 5.69 Å². The largest absolute Gasteiger partial charge is 0.398 e. The molecule has 0 bridgehead atoms. The molecule has 0 heterocycles. The van der Waals surface area contributed by atoms with Crippen molar-refractivity contribution in [3.05, 3.63) is 46.9 Å². The Bertz CT molecular complexity index is 714. The van der Waals surface area contributed by atoms with Crippen molar-refractivity contribution in [2.24, 2.45) is 0 Å². The van der Waals surface area contributed by atoms with Crippen LogP contribution in [0.1, 0.15) is 0 Å². The molecular formula is C13H12BrNO2S2. The predicted octanol–water partition coefficient (Wildman–Crippen LogP) is 3.59. The Hall–Kier alpha value is -0.980. The molecule has 100 valence electrons. The van der Waals surface area contributed by atoms with E-state index in [0.717, 1.165) is 14.3 Å². The van der Waals surface area contributed by atoms with Gasteiger partial charge in [0.2, 0.25) is 0 Å². The van der Waals surface area contributed by atoms with E-state index >= 15 is 0 Å². The third kappa shape index (κ3) is 3.75.